The Hall–Kier alpha value is -3.84. The Balaban J connectivity index is 1.27. The molecule has 4 atom stereocenters. The Kier molecular flexibility index (Phi) is 9.48. The van der Waals surface area contributed by atoms with E-state index in [0.717, 1.165) is 44.8 Å². The monoisotopic (exact) mass is 757 g/mol. The maximum Gasteiger partial charge on any atom is 0.264 e. The van der Waals surface area contributed by atoms with Gasteiger partial charge in [0.1, 0.15) is 5.75 Å². The lowest BCUT2D eigenvalue weighted by Crippen LogP contribution is -2.51. The molecule has 10 nitrogen and oxygen atoms in total. The molecule has 0 aliphatic carbocycles. The first-order valence-corrected chi connectivity index (χ1v) is 21.3. The molecule has 0 radical (unpaired) electrons. The Morgan fingerprint density at radius 1 is 1.10 bits per heavy atom. The van der Waals surface area contributed by atoms with Gasteiger partial charge in [-0.05, 0) is 66.4 Å². The number of benzene rings is 3. The zero-order valence-corrected chi connectivity index (χ0v) is 31.6. The maximum absolute atomic E-state index is 15.2. The molecule has 1 spiro atoms. The number of amides is 2. The molecular weight excluding hydrogens is 714 g/mol. The summed E-state index contributed by atoms with van der Waals surface area (Å²) in [6.45, 7) is 8.62. The summed E-state index contributed by atoms with van der Waals surface area (Å²) in [5, 5.41) is 19.2. The molecule has 262 valence electrons. The van der Waals surface area contributed by atoms with E-state index in [2.05, 4.69) is 64.5 Å². The molecular formula is C38H44BrN5O5Si. The van der Waals surface area contributed by atoms with Gasteiger partial charge in [0, 0.05) is 60.4 Å². The lowest BCUT2D eigenvalue weighted by Gasteiger charge is -2.37. The molecule has 3 aliphatic heterocycles. The average molecular weight is 759 g/mol. The van der Waals surface area contributed by atoms with Crippen LogP contribution in [0.1, 0.15) is 43.0 Å². The third kappa shape index (κ3) is 5.99. The standard InChI is InChI=1S/C38H44BrN5O5Si/c1-25-36(50(3,4)31-13-11-30(48-2)12-14-31)34(16-19-42-24-28(17-20-45)40-41-42)49-38(25)32-22-27(39)10-15-33(32)44(37(38)47)23-26-7-5-8-29(21-26)43-18-6-9-35(43)46/h5,7-8,10-15,21-22,24-25,34,36,45H,6,9,16-20,23H2,1-4H3/t25-,34+,36-,38+/m0/s1. The number of carbonyl (C=O) groups excluding carboxylic acids is 2. The number of anilines is 2. The third-order valence-electron chi connectivity index (χ3n) is 11.0. The Bertz CT molecular complexity index is 1900. The van der Waals surface area contributed by atoms with Crippen LogP contribution in [0.2, 0.25) is 18.6 Å². The molecule has 0 bridgehead atoms. The second kappa shape index (κ2) is 13.7. The van der Waals surface area contributed by atoms with E-state index in [1.54, 1.807) is 7.11 Å². The quantitative estimate of drug-likeness (QED) is 0.200. The van der Waals surface area contributed by atoms with Crippen molar-refractivity contribution in [1.82, 2.24) is 15.0 Å². The van der Waals surface area contributed by atoms with Crippen LogP contribution in [-0.2, 0) is 39.4 Å². The van der Waals surface area contributed by atoms with E-state index >= 15 is 4.79 Å². The van der Waals surface area contributed by atoms with Crippen LogP contribution < -0.4 is 19.7 Å². The predicted molar refractivity (Wildman–Crippen MR) is 198 cm³/mol. The first-order valence-electron chi connectivity index (χ1n) is 17.4. The normalized spacial score (nSPS) is 23.4. The highest BCUT2D eigenvalue weighted by molar-refractivity contribution is 9.10. The molecule has 7 rings (SSSR count). The van der Waals surface area contributed by atoms with Crippen LogP contribution in [0.15, 0.2) is 77.4 Å². The van der Waals surface area contributed by atoms with Crippen molar-refractivity contribution in [3.63, 3.8) is 0 Å². The number of methoxy groups -OCH3 is 1. The van der Waals surface area contributed by atoms with E-state index in [4.69, 9.17) is 9.47 Å². The molecule has 4 aromatic rings. The number of hydrogen-bond donors (Lipinski definition) is 1. The van der Waals surface area contributed by atoms with E-state index in [9.17, 15) is 9.90 Å². The fourth-order valence-electron chi connectivity index (χ4n) is 8.58. The maximum atomic E-state index is 15.2. The van der Waals surface area contributed by atoms with Crippen molar-refractivity contribution >= 4 is 52.4 Å². The molecule has 1 N–H and O–H groups in total. The first-order chi connectivity index (χ1) is 24.1. The van der Waals surface area contributed by atoms with Crippen molar-refractivity contribution < 1.29 is 24.2 Å². The molecule has 1 aromatic heterocycles. The summed E-state index contributed by atoms with van der Waals surface area (Å²) in [5.41, 5.74) is 3.20. The van der Waals surface area contributed by atoms with Gasteiger partial charge < -0.3 is 24.4 Å². The number of halogens is 1. The van der Waals surface area contributed by atoms with Crippen molar-refractivity contribution in [2.45, 2.75) is 76.0 Å². The smallest absolute Gasteiger partial charge is 0.264 e. The van der Waals surface area contributed by atoms with E-state index in [-0.39, 0.29) is 36.0 Å². The van der Waals surface area contributed by atoms with Crippen molar-refractivity contribution in [1.29, 1.82) is 0 Å². The largest absolute Gasteiger partial charge is 0.497 e. The Morgan fingerprint density at radius 2 is 1.90 bits per heavy atom. The number of aromatic nitrogens is 3. The van der Waals surface area contributed by atoms with Gasteiger partial charge >= 0.3 is 0 Å². The summed E-state index contributed by atoms with van der Waals surface area (Å²) in [5.74, 6) is 0.749. The number of rotatable bonds is 11. The average Bonchev–Trinajstić information content (AvgIpc) is 3.87. The minimum atomic E-state index is -2.32. The number of carbonyl (C=O) groups is 2. The van der Waals surface area contributed by atoms with Gasteiger partial charge in [-0.25, -0.2) is 0 Å². The molecule has 3 aliphatic rings. The summed E-state index contributed by atoms with van der Waals surface area (Å²) < 4.78 is 15.5. The number of aryl methyl sites for hydroxylation is 1. The molecule has 4 heterocycles. The lowest BCUT2D eigenvalue weighted by atomic mass is 9.82. The van der Waals surface area contributed by atoms with E-state index < -0.39 is 13.7 Å². The summed E-state index contributed by atoms with van der Waals surface area (Å²) in [6, 6.07) is 22.4. The molecule has 2 amide bonds. The number of fused-ring (bicyclic) bond motifs is 2. The number of hydrogen-bond acceptors (Lipinski definition) is 7. The van der Waals surface area contributed by atoms with Gasteiger partial charge in [-0.15, -0.1) is 5.10 Å². The molecule has 12 heteroatoms. The van der Waals surface area contributed by atoms with Gasteiger partial charge in [-0.3, -0.25) is 14.3 Å². The van der Waals surface area contributed by atoms with Crippen LogP contribution in [0, 0.1) is 5.92 Å². The minimum Gasteiger partial charge on any atom is -0.497 e. The Morgan fingerprint density at radius 3 is 2.62 bits per heavy atom. The van der Waals surface area contributed by atoms with Crippen LogP contribution >= 0.6 is 15.9 Å². The molecule has 50 heavy (non-hydrogen) atoms. The molecule has 2 saturated heterocycles. The summed E-state index contributed by atoms with van der Waals surface area (Å²) in [6.07, 6.45) is 4.16. The van der Waals surface area contributed by atoms with Crippen molar-refractivity contribution in [3.05, 3.63) is 94.2 Å². The highest BCUT2D eigenvalue weighted by atomic mass is 79.9. The topological polar surface area (TPSA) is 110 Å². The number of aliphatic hydroxyl groups excluding tert-OH is 1. The van der Waals surface area contributed by atoms with Crippen LogP contribution in [0.5, 0.6) is 5.75 Å². The van der Waals surface area contributed by atoms with Crippen LogP contribution in [0.3, 0.4) is 0 Å². The summed E-state index contributed by atoms with van der Waals surface area (Å²) in [7, 11) is -0.640. The van der Waals surface area contributed by atoms with Crippen molar-refractivity contribution in [3.8, 4) is 5.75 Å². The van der Waals surface area contributed by atoms with Crippen LogP contribution in [0.4, 0.5) is 11.4 Å². The number of ether oxygens (including phenoxy) is 2. The van der Waals surface area contributed by atoms with E-state index in [1.807, 2.05) is 69.2 Å². The van der Waals surface area contributed by atoms with Gasteiger partial charge in [0.05, 0.1) is 39.2 Å². The Labute approximate surface area is 302 Å². The van der Waals surface area contributed by atoms with Crippen LogP contribution in [-0.4, -0.2) is 66.4 Å². The van der Waals surface area contributed by atoms with Gasteiger partial charge in [0.2, 0.25) is 5.91 Å². The zero-order chi connectivity index (χ0) is 35.2. The number of aliphatic hydroxyl groups is 1. The van der Waals surface area contributed by atoms with E-state index in [0.29, 0.717) is 38.9 Å². The fraction of sp³-hybridized carbons (Fsp3) is 0.421. The molecule has 2 fully saturated rings. The summed E-state index contributed by atoms with van der Waals surface area (Å²) >= 11 is 3.71. The third-order valence-corrected chi connectivity index (χ3v) is 15.9. The van der Waals surface area contributed by atoms with Gasteiger partial charge in [-0.2, -0.15) is 0 Å². The molecule has 0 unspecified atom stereocenters. The summed E-state index contributed by atoms with van der Waals surface area (Å²) in [4.78, 5) is 31.4. The van der Waals surface area contributed by atoms with Crippen molar-refractivity contribution in [2.24, 2.45) is 5.92 Å². The predicted octanol–water partition coefficient (Wildman–Crippen LogP) is 5.56. The number of nitrogens with zero attached hydrogens (tertiary/aromatic N) is 5. The molecule has 3 aromatic carbocycles. The molecule has 0 saturated carbocycles. The van der Waals surface area contributed by atoms with Crippen molar-refractivity contribution in [2.75, 3.05) is 30.1 Å². The van der Waals surface area contributed by atoms with Gasteiger partial charge in [0.15, 0.2) is 5.60 Å². The first kappa shape index (κ1) is 34.6. The SMILES string of the molecule is COc1ccc([Si](C)(C)[C@@H]2[C@@H](CCn3cc(CCO)nn3)O[C@]3(C(=O)N(Cc4cccc(N5CCCC5=O)c4)c4ccc(Br)cc43)[C@H]2C)cc1. The zero-order valence-electron chi connectivity index (χ0n) is 29.0. The van der Waals surface area contributed by atoms with E-state index in [1.165, 1.54) is 5.19 Å². The fourth-order valence-corrected chi connectivity index (χ4v) is 13.0. The van der Waals surface area contributed by atoms with Gasteiger partial charge in [-0.1, -0.05) is 70.6 Å². The van der Waals surface area contributed by atoms with Gasteiger partial charge in [0.25, 0.3) is 5.91 Å². The van der Waals surface area contributed by atoms with Crippen LogP contribution in [0.25, 0.3) is 0 Å². The highest BCUT2D eigenvalue weighted by Crippen LogP contribution is 2.60. The highest BCUT2D eigenvalue weighted by Gasteiger charge is 2.66. The minimum absolute atomic E-state index is 0.0163. The second-order valence-corrected chi connectivity index (χ2v) is 19.9. The second-order valence-electron chi connectivity index (χ2n) is 14.3. The lowest BCUT2D eigenvalue weighted by molar-refractivity contribution is -0.146.